The van der Waals surface area contributed by atoms with Gasteiger partial charge >= 0.3 is 8.25 Å². The molecule has 0 aromatic carbocycles. The molecule has 54 valence electrons. The molecule has 4 heteroatoms. The normalized spacial score (nSPS) is 11.6. The largest absolute Gasteiger partial charge is 0.694 e. The maximum Gasteiger partial charge on any atom is 0.694 e. The molecule has 0 saturated carbocycles. The van der Waals surface area contributed by atoms with Crippen LogP contribution in [0.5, 0.6) is 0 Å². The van der Waals surface area contributed by atoms with Crippen molar-refractivity contribution < 1.29 is 14.0 Å². The van der Waals surface area contributed by atoms with Crippen LogP contribution in [0, 0.1) is 0 Å². The van der Waals surface area contributed by atoms with E-state index in [2.05, 4.69) is 11.4 Å². The van der Waals surface area contributed by atoms with Gasteiger partial charge in [-0.3, -0.25) is 0 Å². The van der Waals surface area contributed by atoms with Crippen LogP contribution in [0.1, 0.15) is 26.2 Å². The van der Waals surface area contributed by atoms with Gasteiger partial charge in [0.25, 0.3) is 0 Å². The molecule has 0 aromatic heterocycles. The van der Waals surface area contributed by atoms with Crippen LogP contribution in [0.15, 0.2) is 0 Å². The number of hydrogen-bond donors (Lipinski definition) is 1. The Balaban J connectivity index is 2.83. The topological polar surface area (TPSA) is 46.5 Å². The lowest BCUT2D eigenvalue weighted by Crippen LogP contribution is -1.84. The molecule has 0 rings (SSSR count). The summed E-state index contributed by atoms with van der Waals surface area (Å²) in [4.78, 5) is 8.14. The lowest BCUT2D eigenvalue weighted by molar-refractivity contribution is 0.274. The molecule has 0 bridgehead atoms. The fraction of sp³-hybridized carbons (Fsp3) is 1.00. The van der Waals surface area contributed by atoms with E-state index in [1.165, 1.54) is 0 Å². The molecule has 0 spiro atoms. The Morgan fingerprint density at radius 2 is 2.22 bits per heavy atom. The summed E-state index contributed by atoms with van der Waals surface area (Å²) in [6.07, 6.45) is 3.03. The molecule has 3 nitrogen and oxygen atoms in total. The zero-order valence-electron chi connectivity index (χ0n) is 5.54. The minimum atomic E-state index is -2.37. The van der Waals surface area contributed by atoms with Crippen molar-refractivity contribution in [3.63, 3.8) is 0 Å². The Labute approximate surface area is 56.0 Å². The molecule has 0 aliphatic rings. The van der Waals surface area contributed by atoms with Crippen LogP contribution in [0.25, 0.3) is 0 Å². The Morgan fingerprint density at radius 1 is 1.56 bits per heavy atom. The summed E-state index contributed by atoms with van der Waals surface area (Å²) >= 11 is 0. The van der Waals surface area contributed by atoms with E-state index in [4.69, 9.17) is 4.89 Å². The molecule has 0 saturated heterocycles. The Bertz CT molecular complexity index is 84.3. The summed E-state index contributed by atoms with van der Waals surface area (Å²) in [5.74, 6) is 0. The average molecular weight is 151 g/mol. The number of rotatable bonds is 5. The van der Waals surface area contributed by atoms with Gasteiger partial charge in [0.2, 0.25) is 0 Å². The Kier molecular flexibility index (Phi) is 6.16. The highest BCUT2D eigenvalue weighted by atomic mass is 31.1. The van der Waals surface area contributed by atoms with Gasteiger partial charge in [0.15, 0.2) is 0 Å². The summed E-state index contributed by atoms with van der Waals surface area (Å²) in [6.45, 7) is 2.47. The van der Waals surface area contributed by atoms with Crippen molar-refractivity contribution in [2.75, 3.05) is 6.61 Å². The van der Waals surface area contributed by atoms with Crippen LogP contribution < -0.4 is 0 Å². The molecular formula is C5H12O3P+. The van der Waals surface area contributed by atoms with Crippen LogP contribution in [-0.2, 0) is 9.09 Å². The molecule has 0 aromatic rings. The molecule has 0 fully saturated rings. The molecule has 1 atom stereocenters. The molecule has 0 aliphatic carbocycles. The quantitative estimate of drug-likeness (QED) is 0.481. The van der Waals surface area contributed by atoms with E-state index in [0.717, 1.165) is 19.3 Å². The minimum Gasteiger partial charge on any atom is -0.133 e. The minimum absolute atomic E-state index is 0.402. The summed E-state index contributed by atoms with van der Waals surface area (Å²) in [5.41, 5.74) is 0. The van der Waals surface area contributed by atoms with E-state index in [9.17, 15) is 4.57 Å². The second-order valence-electron chi connectivity index (χ2n) is 1.78. The highest BCUT2D eigenvalue weighted by Crippen LogP contribution is 2.14. The predicted octanol–water partition coefficient (Wildman–Crippen LogP) is 1.84. The van der Waals surface area contributed by atoms with Crippen molar-refractivity contribution in [1.82, 2.24) is 0 Å². The maximum absolute atomic E-state index is 9.89. The van der Waals surface area contributed by atoms with E-state index in [1.807, 2.05) is 0 Å². The van der Waals surface area contributed by atoms with Crippen molar-refractivity contribution in [2.24, 2.45) is 0 Å². The smallest absolute Gasteiger partial charge is 0.133 e. The third-order valence-corrected chi connectivity index (χ3v) is 1.35. The zero-order valence-corrected chi connectivity index (χ0v) is 6.43. The fourth-order valence-corrected chi connectivity index (χ4v) is 0.780. The van der Waals surface area contributed by atoms with E-state index in [-0.39, 0.29) is 0 Å². The monoisotopic (exact) mass is 151 g/mol. The van der Waals surface area contributed by atoms with Crippen LogP contribution in [0.4, 0.5) is 0 Å². The van der Waals surface area contributed by atoms with Crippen LogP contribution in [0.2, 0.25) is 0 Å². The second-order valence-corrected chi connectivity index (χ2v) is 2.51. The van der Waals surface area contributed by atoms with Crippen molar-refractivity contribution in [1.29, 1.82) is 0 Å². The first kappa shape index (κ1) is 9.02. The lowest BCUT2D eigenvalue weighted by Gasteiger charge is -1.87. The fourth-order valence-electron chi connectivity index (χ4n) is 0.495. The Hall–Kier alpha value is 0.0200. The molecule has 0 heterocycles. The van der Waals surface area contributed by atoms with Gasteiger partial charge in [-0.2, -0.15) is 0 Å². The third-order valence-electron chi connectivity index (χ3n) is 0.950. The van der Waals surface area contributed by atoms with Crippen LogP contribution in [-0.4, -0.2) is 11.5 Å². The van der Waals surface area contributed by atoms with Crippen molar-refractivity contribution in [3.8, 4) is 0 Å². The van der Waals surface area contributed by atoms with Gasteiger partial charge in [-0.05, 0) is 6.42 Å². The van der Waals surface area contributed by atoms with Crippen molar-refractivity contribution >= 4 is 8.25 Å². The molecule has 0 aliphatic heterocycles. The summed E-state index contributed by atoms with van der Waals surface area (Å²) in [5, 5.41) is 0. The molecule has 9 heavy (non-hydrogen) atoms. The van der Waals surface area contributed by atoms with E-state index >= 15 is 0 Å². The average Bonchev–Trinajstić information content (AvgIpc) is 1.80. The first-order valence-electron chi connectivity index (χ1n) is 3.06. The summed E-state index contributed by atoms with van der Waals surface area (Å²) < 4.78 is 14.3. The highest BCUT2D eigenvalue weighted by Gasteiger charge is 2.09. The maximum atomic E-state index is 9.89. The molecule has 1 N–H and O–H groups in total. The zero-order chi connectivity index (χ0) is 7.11. The van der Waals surface area contributed by atoms with Crippen molar-refractivity contribution in [3.05, 3.63) is 0 Å². The summed E-state index contributed by atoms with van der Waals surface area (Å²) in [7, 11) is -2.37. The van der Waals surface area contributed by atoms with Gasteiger partial charge in [0.1, 0.15) is 6.61 Å². The van der Waals surface area contributed by atoms with Crippen LogP contribution in [0.3, 0.4) is 0 Å². The molecule has 0 amide bonds. The number of unbranched alkanes of at least 4 members (excludes halogenated alkanes) is 2. The highest BCUT2D eigenvalue weighted by molar-refractivity contribution is 7.32. The van der Waals surface area contributed by atoms with Gasteiger partial charge in [0, 0.05) is 4.57 Å². The van der Waals surface area contributed by atoms with Gasteiger partial charge in [-0.1, -0.05) is 19.8 Å². The Morgan fingerprint density at radius 3 is 2.67 bits per heavy atom. The van der Waals surface area contributed by atoms with Gasteiger partial charge < -0.3 is 0 Å². The number of hydrogen-bond acceptors (Lipinski definition) is 2. The first-order chi connectivity index (χ1) is 4.27. The van der Waals surface area contributed by atoms with Gasteiger partial charge in [-0.25, -0.2) is 0 Å². The molecule has 0 radical (unpaired) electrons. The van der Waals surface area contributed by atoms with E-state index in [1.54, 1.807) is 0 Å². The molecule has 1 unspecified atom stereocenters. The second kappa shape index (κ2) is 6.14. The van der Waals surface area contributed by atoms with Gasteiger partial charge in [-0.15, -0.1) is 9.42 Å². The SMILES string of the molecule is CCCCCO[P+](=O)O. The predicted molar refractivity (Wildman–Crippen MR) is 35.3 cm³/mol. The first-order valence-corrected chi connectivity index (χ1v) is 4.19. The van der Waals surface area contributed by atoms with E-state index in [0.29, 0.717) is 6.61 Å². The molecular weight excluding hydrogens is 139 g/mol. The lowest BCUT2D eigenvalue weighted by atomic mass is 10.3. The standard InChI is InChI=1S/C5H11O3P/c1-2-3-4-5-8-9(6)7/h2-5H2,1H3/p+1. The van der Waals surface area contributed by atoms with E-state index < -0.39 is 8.25 Å². The van der Waals surface area contributed by atoms with Gasteiger partial charge in [0.05, 0.1) is 0 Å². The van der Waals surface area contributed by atoms with Crippen LogP contribution >= 0.6 is 8.25 Å². The third kappa shape index (κ3) is 8.02. The van der Waals surface area contributed by atoms with Crippen molar-refractivity contribution in [2.45, 2.75) is 26.2 Å². The summed E-state index contributed by atoms with van der Waals surface area (Å²) in [6, 6.07) is 0.